The van der Waals surface area contributed by atoms with Gasteiger partial charge in [0.1, 0.15) is 0 Å². The summed E-state index contributed by atoms with van der Waals surface area (Å²) in [6, 6.07) is 29.5. The van der Waals surface area contributed by atoms with Crippen LogP contribution in [-0.4, -0.2) is 23.9 Å². The highest BCUT2D eigenvalue weighted by Crippen LogP contribution is 2.32. The van der Waals surface area contributed by atoms with Gasteiger partial charge in [0, 0.05) is 19.6 Å². The number of rotatable bonds is 6. The predicted octanol–water partition coefficient (Wildman–Crippen LogP) is 5.48. The van der Waals surface area contributed by atoms with E-state index in [2.05, 4.69) is 90.8 Å². The summed E-state index contributed by atoms with van der Waals surface area (Å²) >= 11 is 0. The SMILES string of the molecule is Cc1cccc([C@@H]2C[C@H](C(=O)N[C@H](C)c3ccccc3)CN(Cc3ccccc3)C2)c1. The summed E-state index contributed by atoms with van der Waals surface area (Å²) in [5, 5.41) is 3.27. The lowest BCUT2D eigenvalue weighted by atomic mass is 9.83. The largest absolute Gasteiger partial charge is 0.349 e. The van der Waals surface area contributed by atoms with Crippen molar-refractivity contribution in [2.24, 2.45) is 5.92 Å². The highest BCUT2D eigenvalue weighted by molar-refractivity contribution is 5.79. The number of hydrogen-bond acceptors (Lipinski definition) is 2. The summed E-state index contributed by atoms with van der Waals surface area (Å²) < 4.78 is 0. The van der Waals surface area contributed by atoms with E-state index in [1.807, 2.05) is 18.2 Å². The molecule has 3 aromatic carbocycles. The van der Waals surface area contributed by atoms with Crippen LogP contribution in [0.25, 0.3) is 0 Å². The molecule has 3 heteroatoms. The molecule has 1 N–H and O–H groups in total. The van der Waals surface area contributed by atoms with Crippen molar-refractivity contribution in [3.63, 3.8) is 0 Å². The van der Waals surface area contributed by atoms with Crippen LogP contribution < -0.4 is 5.32 Å². The van der Waals surface area contributed by atoms with Crippen LogP contribution in [-0.2, 0) is 11.3 Å². The van der Waals surface area contributed by atoms with Gasteiger partial charge in [-0.05, 0) is 42.9 Å². The molecule has 1 saturated heterocycles. The molecule has 0 aromatic heterocycles. The normalized spacial score (nSPS) is 20.2. The monoisotopic (exact) mass is 412 g/mol. The molecule has 4 rings (SSSR count). The average molecular weight is 413 g/mol. The number of nitrogens with zero attached hydrogens (tertiary/aromatic N) is 1. The Bertz CT molecular complexity index is 986. The molecule has 1 aliphatic heterocycles. The van der Waals surface area contributed by atoms with Crippen molar-refractivity contribution in [3.8, 4) is 0 Å². The number of carbonyl (C=O) groups excluding carboxylic acids is 1. The van der Waals surface area contributed by atoms with Crippen LogP contribution in [0.1, 0.15) is 47.6 Å². The van der Waals surface area contributed by atoms with Gasteiger partial charge in [0.2, 0.25) is 5.91 Å². The van der Waals surface area contributed by atoms with Gasteiger partial charge in [0.15, 0.2) is 0 Å². The summed E-state index contributed by atoms with van der Waals surface area (Å²) in [5.41, 5.74) is 5.05. The molecule has 1 fully saturated rings. The second kappa shape index (κ2) is 9.93. The van der Waals surface area contributed by atoms with Crippen LogP contribution in [0.15, 0.2) is 84.9 Å². The van der Waals surface area contributed by atoms with Crippen LogP contribution in [0.4, 0.5) is 0 Å². The number of aryl methyl sites for hydroxylation is 1. The third-order valence-electron chi connectivity index (χ3n) is 6.32. The van der Waals surface area contributed by atoms with Crippen molar-refractivity contribution in [3.05, 3.63) is 107 Å². The predicted molar refractivity (Wildman–Crippen MR) is 127 cm³/mol. The summed E-state index contributed by atoms with van der Waals surface area (Å²) in [7, 11) is 0. The minimum Gasteiger partial charge on any atom is -0.349 e. The fourth-order valence-corrected chi connectivity index (χ4v) is 4.67. The number of benzene rings is 3. The van der Waals surface area contributed by atoms with E-state index in [1.54, 1.807) is 0 Å². The van der Waals surface area contributed by atoms with Gasteiger partial charge in [-0.1, -0.05) is 90.5 Å². The first-order valence-corrected chi connectivity index (χ1v) is 11.3. The van der Waals surface area contributed by atoms with E-state index in [4.69, 9.17) is 0 Å². The lowest BCUT2D eigenvalue weighted by Gasteiger charge is -2.38. The molecule has 0 spiro atoms. The Kier molecular flexibility index (Phi) is 6.83. The maximum atomic E-state index is 13.3. The molecule has 1 heterocycles. The molecular weight excluding hydrogens is 380 g/mol. The maximum Gasteiger partial charge on any atom is 0.224 e. The quantitative estimate of drug-likeness (QED) is 0.582. The summed E-state index contributed by atoms with van der Waals surface area (Å²) in [4.78, 5) is 15.7. The zero-order chi connectivity index (χ0) is 21.6. The van der Waals surface area contributed by atoms with Crippen LogP contribution in [0.3, 0.4) is 0 Å². The molecule has 0 aliphatic carbocycles. The number of amides is 1. The highest BCUT2D eigenvalue weighted by atomic mass is 16.2. The van der Waals surface area contributed by atoms with Gasteiger partial charge in [-0.3, -0.25) is 9.69 Å². The molecule has 3 nitrogen and oxygen atoms in total. The number of likely N-dealkylation sites (tertiary alicyclic amines) is 1. The zero-order valence-electron chi connectivity index (χ0n) is 18.5. The van der Waals surface area contributed by atoms with Gasteiger partial charge >= 0.3 is 0 Å². The molecule has 1 amide bonds. The lowest BCUT2D eigenvalue weighted by molar-refractivity contribution is -0.127. The minimum atomic E-state index is -0.0193. The Labute approximate surface area is 186 Å². The van der Waals surface area contributed by atoms with E-state index in [1.165, 1.54) is 16.7 Å². The molecule has 0 bridgehead atoms. The van der Waals surface area contributed by atoms with E-state index in [0.29, 0.717) is 5.92 Å². The number of hydrogen-bond donors (Lipinski definition) is 1. The molecular formula is C28H32N2O. The highest BCUT2D eigenvalue weighted by Gasteiger charge is 2.33. The van der Waals surface area contributed by atoms with Gasteiger partial charge < -0.3 is 5.32 Å². The summed E-state index contributed by atoms with van der Waals surface area (Å²) in [6.07, 6.45) is 0.891. The first kappa shape index (κ1) is 21.3. The number of carbonyl (C=O) groups is 1. The molecule has 3 atom stereocenters. The topological polar surface area (TPSA) is 32.3 Å². The number of piperidine rings is 1. The first-order chi connectivity index (χ1) is 15.1. The fraction of sp³-hybridized carbons (Fsp3) is 0.321. The Morgan fingerprint density at radius 1 is 0.968 bits per heavy atom. The van der Waals surface area contributed by atoms with Gasteiger partial charge in [-0.15, -0.1) is 0 Å². The Balaban J connectivity index is 1.51. The van der Waals surface area contributed by atoms with E-state index < -0.39 is 0 Å². The molecule has 0 saturated carbocycles. The second-order valence-corrected chi connectivity index (χ2v) is 8.86. The summed E-state index contributed by atoms with van der Waals surface area (Å²) in [5.74, 6) is 0.501. The fourth-order valence-electron chi connectivity index (χ4n) is 4.67. The lowest BCUT2D eigenvalue weighted by Crippen LogP contribution is -2.45. The Morgan fingerprint density at radius 3 is 2.39 bits per heavy atom. The third-order valence-corrected chi connectivity index (χ3v) is 6.32. The Morgan fingerprint density at radius 2 is 1.68 bits per heavy atom. The van der Waals surface area contributed by atoms with Gasteiger partial charge in [0.05, 0.1) is 12.0 Å². The van der Waals surface area contributed by atoms with Gasteiger partial charge in [-0.2, -0.15) is 0 Å². The molecule has 3 aromatic rings. The van der Waals surface area contributed by atoms with Gasteiger partial charge in [-0.25, -0.2) is 0 Å². The standard InChI is InChI=1S/C28H32N2O/c1-21-10-9-15-25(16-21)26-17-27(20-30(19-26)18-23-11-5-3-6-12-23)28(31)29-22(2)24-13-7-4-8-14-24/h3-16,22,26-27H,17-20H2,1-2H3,(H,29,31)/t22-,26-,27+/m1/s1. The van der Waals surface area contributed by atoms with Crippen molar-refractivity contribution in [1.29, 1.82) is 0 Å². The van der Waals surface area contributed by atoms with E-state index in [9.17, 15) is 4.79 Å². The zero-order valence-corrected chi connectivity index (χ0v) is 18.5. The molecule has 160 valence electrons. The minimum absolute atomic E-state index is 0.00983. The van der Waals surface area contributed by atoms with E-state index >= 15 is 0 Å². The second-order valence-electron chi connectivity index (χ2n) is 8.86. The smallest absolute Gasteiger partial charge is 0.224 e. The third kappa shape index (κ3) is 5.62. The average Bonchev–Trinajstić information content (AvgIpc) is 2.80. The molecule has 0 unspecified atom stereocenters. The summed E-state index contributed by atoms with van der Waals surface area (Å²) in [6.45, 7) is 6.86. The molecule has 0 radical (unpaired) electrons. The molecule has 31 heavy (non-hydrogen) atoms. The van der Waals surface area contributed by atoms with Crippen molar-refractivity contribution < 1.29 is 4.79 Å². The van der Waals surface area contributed by atoms with Crippen molar-refractivity contribution in [2.45, 2.75) is 38.8 Å². The van der Waals surface area contributed by atoms with E-state index in [0.717, 1.165) is 31.6 Å². The molecule has 1 aliphatic rings. The first-order valence-electron chi connectivity index (χ1n) is 11.3. The van der Waals surface area contributed by atoms with Crippen molar-refractivity contribution in [1.82, 2.24) is 10.2 Å². The van der Waals surface area contributed by atoms with Crippen LogP contribution in [0.5, 0.6) is 0 Å². The van der Waals surface area contributed by atoms with Gasteiger partial charge in [0.25, 0.3) is 0 Å². The van der Waals surface area contributed by atoms with Crippen LogP contribution in [0, 0.1) is 12.8 Å². The van der Waals surface area contributed by atoms with Crippen molar-refractivity contribution >= 4 is 5.91 Å². The number of nitrogens with one attached hydrogen (secondary N) is 1. The van der Waals surface area contributed by atoms with E-state index in [-0.39, 0.29) is 17.9 Å². The van der Waals surface area contributed by atoms with Crippen molar-refractivity contribution in [2.75, 3.05) is 13.1 Å². The van der Waals surface area contributed by atoms with Crippen LogP contribution >= 0.6 is 0 Å². The Hall–Kier alpha value is -2.91. The maximum absolute atomic E-state index is 13.3. The van der Waals surface area contributed by atoms with Crippen LogP contribution in [0.2, 0.25) is 0 Å².